The molecule has 0 aliphatic heterocycles. The van der Waals surface area contributed by atoms with Gasteiger partial charge >= 0.3 is 0 Å². The Bertz CT molecular complexity index is 391. The van der Waals surface area contributed by atoms with E-state index in [1.807, 2.05) is 25.1 Å². The fourth-order valence-corrected chi connectivity index (χ4v) is 1.79. The first kappa shape index (κ1) is 13.5. The van der Waals surface area contributed by atoms with E-state index in [2.05, 4.69) is 12.0 Å². The SMILES string of the molecule is C=C(C)CC(NN)c1cccc(OC)c1OC. The minimum absolute atomic E-state index is 0.0300. The Morgan fingerprint density at radius 2 is 2.12 bits per heavy atom. The van der Waals surface area contributed by atoms with Gasteiger partial charge < -0.3 is 9.47 Å². The van der Waals surface area contributed by atoms with Crippen molar-refractivity contribution in [1.29, 1.82) is 0 Å². The second kappa shape index (κ2) is 6.27. The summed E-state index contributed by atoms with van der Waals surface area (Å²) in [5, 5.41) is 0. The van der Waals surface area contributed by atoms with Crippen LogP contribution in [-0.4, -0.2) is 14.2 Å². The number of para-hydroxylation sites is 1. The van der Waals surface area contributed by atoms with E-state index < -0.39 is 0 Å². The summed E-state index contributed by atoms with van der Waals surface area (Å²) in [5.41, 5.74) is 4.80. The minimum Gasteiger partial charge on any atom is -0.493 e. The molecule has 0 spiro atoms. The Balaban J connectivity index is 3.13. The monoisotopic (exact) mass is 236 g/mol. The smallest absolute Gasteiger partial charge is 0.165 e. The van der Waals surface area contributed by atoms with Crippen LogP contribution in [-0.2, 0) is 0 Å². The lowest BCUT2D eigenvalue weighted by Crippen LogP contribution is -2.28. The van der Waals surface area contributed by atoms with Crippen molar-refractivity contribution >= 4 is 0 Å². The van der Waals surface area contributed by atoms with Crippen molar-refractivity contribution < 1.29 is 9.47 Å². The molecule has 0 fully saturated rings. The van der Waals surface area contributed by atoms with Crippen LogP contribution in [0, 0.1) is 0 Å². The molecule has 4 nitrogen and oxygen atoms in total. The predicted octanol–water partition coefficient (Wildman–Crippen LogP) is 2.17. The molecule has 0 aliphatic carbocycles. The Morgan fingerprint density at radius 3 is 2.59 bits per heavy atom. The molecule has 94 valence electrons. The van der Waals surface area contributed by atoms with Gasteiger partial charge in [0.2, 0.25) is 0 Å². The molecule has 0 aliphatic rings. The van der Waals surface area contributed by atoms with E-state index in [-0.39, 0.29) is 6.04 Å². The number of hydrogen-bond acceptors (Lipinski definition) is 4. The predicted molar refractivity (Wildman–Crippen MR) is 69.0 cm³/mol. The molecule has 0 radical (unpaired) electrons. The molecule has 0 heterocycles. The Kier molecular flexibility index (Phi) is 5.00. The van der Waals surface area contributed by atoms with Gasteiger partial charge in [-0.05, 0) is 19.4 Å². The lowest BCUT2D eigenvalue weighted by molar-refractivity contribution is 0.346. The summed E-state index contributed by atoms with van der Waals surface area (Å²) >= 11 is 0. The maximum atomic E-state index is 5.58. The maximum absolute atomic E-state index is 5.58. The van der Waals surface area contributed by atoms with Gasteiger partial charge in [-0.3, -0.25) is 11.3 Å². The summed E-state index contributed by atoms with van der Waals surface area (Å²) < 4.78 is 10.6. The first-order chi connectivity index (χ1) is 8.13. The summed E-state index contributed by atoms with van der Waals surface area (Å²) in [7, 11) is 3.24. The van der Waals surface area contributed by atoms with Crippen LogP contribution in [0.2, 0.25) is 0 Å². The number of nitrogens with two attached hydrogens (primary N) is 1. The van der Waals surface area contributed by atoms with Crippen molar-refractivity contribution in [3.8, 4) is 11.5 Å². The first-order valence-corrected chi connectivity index (χ1v) is 5.45. The summed E-state index contributed by atoms with van der Waals surface area (Å²) in [5.74, 6) is 6.99. The van der Waals surface area contributed by atoms with Crippen LogP contribution in [0.3, 0.4) is 0 Å². The summed E-state index contributed by atoms with van der Waals surface area (Å²) in [6, 6.07) is 5.71. The third-order valence-electron chi connectivity index (χ3n) is 2.56. The van der Waals surface area contributed by atoms with E-state index >= 15 is 0 Å². The molecule has 1 aromatic carbocycles. The molecule has 4 heteroatoms. The summed E-state index contributed by atoms with van der Waals surface area (Å²) in [6.45, 7) is 5.87. The molecule has 3 N–H and O–H groups in total. The zero-order chi connectivity index (χ0) is 12.8. The van der Waals surface area contributed by atoms with Gasteiger partial charge in [0, 0.05) is 5.56 Å². The normalized spacial score (nSPS) is 12.0. The number of hydrogen-bond donors (Lipinski definition) is 2. The zero-order valence-electron chi connectivity index (χ0n) is 10.6. The molecule has 0 amide bonds. The average molecular weight is 236 g/mol. The number of nitrogens with one attached hydrogen (secondary N) is 1. The van der Waals surface area contributed by atoms with E-state index in [1.165, 1.54) is 0 Å². The number of methoxy groups -OCH3 is 2. The van der Waals surface area contributed by atoms with E-state index in [1.54, 1.807) is 14.2 Å². The van der Waals surface area contributed by atoms with Crippen LogP contribution < -0.4 is 20.7 Å². The molecule has 0 saturated heterocycles. The highest BCUT2D eigenvalue weighted by Crippen LogP contribution is 2.36. The van der Waals surface area contributed by atoms with Gasteiger partial charge in [-0.2, -0.15) is 0 Å². The highest BCUT2D eigenvalue weighted by Gasteiger charge is 2.17. The molecule has 0 saturated carbocycles. The second-order valence-corrected chi connectivity index (χ2v) is 3.96. The average Bonchev–Trinajstić information content (AvgIpc) is 2.34. The first-order valence-electron chi connectivity index (χ1n) is 5.45. The van der Waals surface area contributed by atoms with Crippen LogP contribution in [0.15, 0.2) is 30.4 Å². The van der Waals surface area contributed by atoms with Crippen LogP contribution in [0.25, 0.3) is 0 Å². The van der Waals surface area contributed by atoms with Crippen molar-refractivity contribution in [2.45, 2.75) is 19.4 Å². The quantitative estimate of drug-likeness (QED) is 0.451. The summed E-state index contributed by atoms with van der Waals surface area (Å²) in [4.78, 5) is 0. The third kappa shape index (κ3) is 3.22. The molecular formula is C13H20N2O2. The molecule has 1 aromatic rings. The second-order valence-electron chi connectivity index (χ2n) is 3.96. The van der Waals surface area contributed by atoms with Gasteiger partial charge in [0.05, 0.1) is 20.3 Å². The fourth-order valence-electron chi connectivity index (χ4n) is 1.79. The summed E-state index contributed by atoms with van der Waals surface area (Å²) in [6.07, 6.45) is 0.750. The van der Waals surface area contributed by atoms with Gasteiger partial charge in [-0.25, -0.2) is 0 Å². The largest absolute Gasteiger partial charge is 0.493 e. The molecular weight excluding hydrogens is 216 g/mol. The van der Waals surface area contributed by atoms with Gasteiger partial charge in [-0.1, -0.05) is 17.7 Å². The molecule has 1 rings (SSSR count). The minimum atomic E-state index is -0.0300. The standard InChI is InChI=1S/C13H20N2O2/c1-9(2)8-11(15-14)10-6-5-7-12(16-3)13(10)17-4/h5-7,11,15H,1,8,14H2,2-4H3. The molecule has 1 atom stereocenters. The van der Waals surface area contributed by atoms with Crippen molar-refractivity contribution in [2.75, 3.05) is 14.2 Å². The van der Waals surface area contributed by atoms with Crippen LogP contribution >= 0.6 is 0 Å². The van der Waals surface area contributed by atoms with Crippen LogP contribution in [0.5, 0.6) is 11.5 Å². The lowest BCUT2D eigenvalue weighted by atomic mass is 9.99. The highest BCUT2D eigenvalue weighted by atomic mass is 16.5. The number of rotatable bonds is 6. The Hall–Kier alpha value is -1.52. The van der Waals surface area contributed by atoms with Crippen LogP contribution in [0.4, 0.5) is 0 Å². The van der Waals surface area contributed by atoms with Gasteiger partial charge in [0.25, 0.3) is 0 Å². The highest BCUT2D eigenvalue weighted by molar-refractivity contribution is 5.48. The number of ether oxygens (including phenoxy) is 2. The van der Waals surface area contributed by atoms with Gasteiger partial charge in [0.1, 0.15) is 0 Å². The molecule has 0 bridgehead atoms. The van der Waals surface area contributed by atoms with Crippen molar-refractivity contribution in [2.24, 2.45) is 5.84 Å². The zero-order valence-corrected chi connectivity index (χ0v) is 10.6. The van der Waals surface area contributed by atoms with E-state index in [9.17, 15) is 0 Å². The van der Waals surface area contributed by atoms with Crippen molar-refractivity contribution in [3.05, 3.63) is 35.9 Å². The van der Waals surface area contributed by atoms with Crippen LogP contribution in [0.1, 0.15) is 24.9 Å². The van der Waals surface area contributed by atoms with E-state index in [4.69, 9.17) is 15.3 Å². The van der Waals surface area contributed by atoms with Crippen molar-refractivity contribution in [1.82, 2.24) is 5.43 Å². The third-order valence-corrected chi connectivity index (χ3v) is 2.56. The Labute approximate surface area is 102 Å². The maximum Gasteiger partial charge on any atom is 0.165 e. The van der Waals surface area contributed by atoms with E-state index in [0.717, 1.165) is 17.6 Å². The van der Waals surface area contributed by atoms with Gasteiger partial charge in [0.15, 0.2) is 11.5 Å². The molecule has 0 aromatic heterocycles. The van der Waals surface area contributed by atoms with Gasteiger partial charge in [-0.15, -0.1) is 6.58 Å². The lowest BCUT2D eigenvalue weighted by Gasteiger charge is -2.20. The number of hydrazine groups is 1. The van der Waals surface area contributed by atoms with E-state index in [0.29, 0.717) is 11.5 Å². The number of benzene rings is 1. The van der Waals surface area contributed by atoms with Crippen molar-refractivity contribution in [3.63, 3.8) is 0 Å². The Morgan fingerprint density at radius 1 is 1.41 bits per heavy atom. The molecule has 17 heavy (non-hydrogen) atoms. The topological polar surface area (TPSA) is 56.5 Å². The molecule has 1 unspecified atom stereocenters. The fraction of sp³-hybridized carbons (Fsp3) is 0.385.